The summed E-state index contributed by atoms with van der Waals surface area (Å²) in [6, 6.07) is 12.5. The van der Waals surface area contributed by atoms with Gasteiger partial charge in [-0.25, -0.2) is 4.39 Å². The largest absolute Gasteiger partial charge is 0.289 e. The number of hydrogen-bond donors (Lipinski definition) is 0. The molecule has 0 heterocycles. The summed E-state index contributed by atoms with van der Waals surface area (Å²) in [6.45, 7) is 3.66. The fourth-order valence-corrected chi connectivity index (χ4v) is 1.73. The Balaban J connectivity index is 2.33. The first kappa shape index (κ1) is 12.5. The lowest BCUT2D eigenvalue weighted by Gasteiger charge is -2.06. The van der Waals surface area contributed by atoms with E-state index in [2.05, 4.69) is 6.58 Å². The summed E-state index contributed by atoms with van der Waals surface area (Å²) in [4.78, 5) is 12.1. The quantitative estimate of drug-likeness (QED) is 0.591. The maximum atomic E-state index is 13.5. The summed E-state index contributed by atoms with van der Waals surface area (Å²) in [5.74, 6) is -0.762. The first-order valence-corrected chi connectivity index (χ1v) is 5.71. The topological polar surface area (TPSA) is 17.1 Å². The van der Waals surface area contributed by atoms with Gasteiger partial charge in [-0.05, 0) is 30.3 Å². The molecule has 2 aromatic rings. The van der Waals surface area contributed by atoms with Gasteiger partial charge in [-0.1, -0.05) is 36.4 Å². The van der Waals surface area contributed by atoms with Crippen LogP contribution in [0.2, 0.25) is 5.02 Å². The van der Waals surface area contributed by atoms with Crippen LogP contribution in [0.1, 0.15) is 15.9 Å². The maximum Gasteiger partial charge on any atom is 0.193 e. The lowest BCUT2D eigenvalue weighted by atomic mass is 9.98. The van der Waals surface area contributed by atoms with Crippen molar-refractivity contribution < 1.29 is 9.18 Å². The molecule has 0 saturated heterocycles. The molecular formula is C15H10ClFO. The summed E-state index contributed by atoms with van der Waals surface area (Å²) >= 11 is 5.74. The van der Waals surface area contributed by atoms with Gasteiger partial charge >= 0.3 is 0 Å². The molecule has 0 spiro atoms. The highest BCUT2D eigenvalue weighted by atomic mass is 35.5. The second-order valence-electron chi connectivity index (χ2n) is 3.79. The molecule has 1 nitrogen and oxygen atoms in total. The van der Waals surface area contributed by atoms with Crippen molar-refractivity contribution in [2.75, 3.05) is 0 Å². The Bertz CT molecular complexity index is 602. The van der Waals surface area contributed by atoms with E-state index in [4.69, 9.17) is 11.6 Å². The lowest BCUT2D eigenvalue weighted by molar-refractivity contribution is 0.105. The van der Waals surface area contributed by atoms with Gasteiger partial charge in [0.1, 0.15) is 5.82 Å². The van der Waals surface area contributed by atoms with E-state index < -0.39 is 5.82 Å². The van der Waals surface area contributed by atoms with Crippen molar-refractivity contribution >= 4 is 23.0 Å². The second kappa shape index (κ2) is 5.15. The van der Waals surface area contributed by atoms with Gasteiger partial charge in [0, 0.05) is 21.7 Å². The van der Waals surface area contributed by atoms with Gasteiger partial charge in [0.15, 0.2) is 5.78 Å². The highest BCUT2D eigenvalue weighted by molar-refractivity contribution is 6.31. The fraction of sp³-hybridized carbons (Fsp3) is 0. The van der Waals surface area contributed by atoms with Crippen molar-refractivity contribution in [3.63, 3.8) is 0 Å². The Kier molecular flexibility index (Phi) is 3.58. The smallest absolute Gasteiger partial charge is 0.193 e. The summed E-state index contributed by atoms with van der Waals surface area (Å²) in [7, 11) is 0. The van der Waals surface area contributed by atoms with E-state index >= 15 is 0 Å². The Morgan fingerprint density at radius 2 is 1.67 bits per heavy atom. The molecule has 0 aliphatic carbocycles. The third-order valence-corrected chi connectivity index (χ3v) is 2.83. The van der Waals surface area contributed by atoms with Gasteiger partial charge in [0.25, 0.3) is 0 Å². The van der Waals surface area contributed by atoms with E-state index in [1.165, 1.54) is 12.1 Å². The summed E-state index contributed by atoms with van der Waals surface area (Å²) in [6.07, 6.45) is 0. The van der Waals surface area contributed by atoms with Crippen molar-refractivity contribution in [1.82, 2.24) is 0 Å². The molecule has 0 atom stereocenters. The number of carbonyl (C=O) groups excluding carboxylic acids is 1. The SMILES string of the molecule is C=C(C(=O)c1ccc(Cl)cc1)c1ccccc1F. The zero-order valence-electron chi connectivity index (χ0n) is 9.49. The average molecular weight is 261 g/mol. The molecule has 0 bridgehead atoms. The predicted molar refractivity (Wildman–Crippen MR) is 71.2 cm³/mol. The standard InChI is InChI=1S/C15H10ClFO/c1-10(13-4-2-3-5-14(13)17)15(18)11-6-8-12(16)9-7-11/h2-9H,1H2. The molecule has 0 aliphatic rings. The molecule has 0 amide bonds. The maximum absolute atomic E-state index is 13.5. The van der Waals surface area contributed by atoms with Gasteiger partial charge in [0.2, 0.25) is 0 Å². The van der Waals surface area contributed by atoms with Gasteiger partial charge in [-0.15, -0.1) is 0 Å². The number of allylic oxidation sites excluding steroid dienone is 1. The molecular weight excluding hydrogens is 251 g/mol. The average Bonchev–Trinajstić information content (AvgIpc) is 2.38. The number of halogens is 2. The molecule has 0 unspecified atom stereocenters. The summed E-state index contributed by atoms with van der Waals surface area (Å²) in [5.41, 5.74) is 0.792. The molecule has 18 heavy (non-hydrogen) atoms. The van der Waals surface area contributed by atoms with E-state index in [1.807, 2.05) is 0 Å². The normalized spacial score (nSPS) is 10.1. The first-order valence-electron chi connectivity index (χ1n) is 5.33. The van der Waals surface area contributed by atoms with Gasteiger partial charge in [0.05, 0.1) is 0 Å². The van der Waals surface area contributed by atoms with Crippen molar-refractivity contribution in [2.45, 2.75) is 0 Å². The minimum atomic E-state index is -0.454. The molecule has 90 valence electrons. The van der Waals surface area contributed by atoms with E-state index in [-0.39, 0.29) is 16.9 Å². The number of hydrogen-bond acceptors (Lipinski definition) is 1. The zero-order chi connectivity index (χ0) is 13.1. The van der Waals surface area contributed by atoms with Crippen molar-refractivity contribution in [1.29, 1.82) is 0 Å². The third-order valence-electron chi connectivity index (χ3n) is 2.58. The van der Waals surface area contributed by atoms with Crippen LogP contribution < -0.4 is 0 Å². The van der Waals surface area contributed by atoms with Crippen LogP contribution in [-0.2, 0) is 0 Å². The van der Waals surface area contributed by atoms with Gasteiger partial charge in [-0.3, -0.25) is 4.79 Å². The van der Waals surface area contributed by atoms with Crippen LogP contribution in [0.15, 0.2) is 55.1 Å². The van der Waals surface area contributed by atoms with Crippen LogP contribution in [0, 0.1) is 5.82 Å². The number of ketones is 1. The van der Waals surface area contributed by atoms with Crippen molar-refractivity contribution in [3.8, 4) is 0 Å². The Labute approximate surface area is 110 Å². The molecule has 0 N–H and O–H groups in total. The Morgan fingerprint density at radius 1 is 1.06 bits per heavy atom. The summed E-state index contributed by atoms with van der Waals surface area (Å²) in [5, 5.41) is 0.544. The zero-order valence-corrected chi connectivity index (χ0v) is 10.2. The van der Waals surface area contributed by atoms with Crippen LogP contribution in [0.5, 0.6) is 0 Å². The second-order valence-corrected chi connectivity index (χ2v) is 4.23. The number of rotatable bonds is 3. The molecule has 0 aromatic heterocycles. The Hall–Kier alpha value is -1.93. The molecule has 0 fully saturated rings. The number of carbonyl (C=O) groups is 1. The van der Waals surface area contributed by atoms with E-state index in [0.29, 0.717) is 10.6 Å². The molecule has 0 radical (unpaired) electrons. The van der Waals surface area contributed by atoms with Crippen LogP contribution >= 0.6 is 11.6 Å². The first-order chi connectivity index (χ1) is 8.59. The monoisotopic (exact) mass is 260 g/mol. The number of benzene rings is 2. The lowest BCUT2D eigenvalue weighted by Crippen LogP contribution is -2.03. The van der Waals surface area contributed by atoms with Crippen molar-refractivity contribution in [2.24, 2.45) is 0 Å². The highest BCUT2D eigenvalue weighted by Gasteiger charge is 2.14. The van der Waals surface area contributed by atoms with Gasteiger partial charge in [-0.2, -0.15) is 0 Å². The molecule has 3 heteroatoms. The Morgan fingerprint density at radius 3 is 2.28 bits per heavy atom. The number of Topliss-reactive ketones (excluding diaryl/α,β-unsaturated/α-hetero) is 1. The van der Waals surface area contributed by atoms with Crippen LogP contribution in [0.3, 0.4) is 0 Å². The van der Waals surface area contributed by atoms with Crippen LogP contribution in [-0.4, -0.2) is 5.78 Å². The molecule has 2 rings (SSSR count). The third kappa shape index (κ3) is 2.49. The van der Waals surface area contributed by atoms with Gasteiger partial charge < -0.3 is 0 Å². The van der Waals surface area contributed by atoms with Crippen LogP contribution in [0.4, 0.5) is 4.39 Å². The van der Waals surface area contributed by atoms with Crippen molar-refractivity contribution in [3.05, 3.63) is 77.1 Å². The molecule has 2 aromatic carbocycles. The minimum absolute atomic E-state index is 0.135. The molecule has 0 aliphatic heterocycles. The van der Waals surface area contributed by atoms with E-state index in [0.717, 1.165) is 0 Å². The highest BCUT2D eigenvalue weighted by Crippen LogP contribution is 2.21. The minimum Gasteiger partial charge on any atom is -0.289 e. The molecule has 0 saturated carbocycles. The predicted octanol–water partition coefficient (Wildman–Crippen LogP) is 4.38. The summed E-state index contributed by atoms with van der Waals surface area (Å²) < 4.78 is 13.5. The van der Waals surface area contributed by atoms with Crippen LogP contribution in [0.25, 0.3) is 5.57 Å². The fourth-order valence-electron chi connectivity index (χ4n) is 1.60. The van der Waals surface area contributed by atoms with E-state index in [9.17, 15) is 9.18 Å². The van der Waals surface area contributed by atoms with E-state index in [1.54, 1.807) is 36.4 Å².